The van der Waals surface area contributed by atoms with Crippen molar-refractivity contribution in [3.63, 3.8) is 0 Å². The number of carbonyl (C=O) groups is 1. The quantitative estimate of drug-likeness (QED) is 0.706. The second-order valence-electron chi connectivity index (χ2n) is 6.68. The van der Waals surface area contributed by atoms with Crippen LogP contribution in [0, 0.1) is 0 Å². The van der Waals surface area contributed by atoms with E-state index in [0.717, 1.165) is 23.6 Å². The number of aromatic nitrogens is 1. The zero-order valence-electron chi connectivity index (χ0n) is 15.2. The van der Waals surface area contributed by atoms with Crippen molar-refractivity contribution >= 4 is 17.3 Å². The number of benzene rings is 2. The second kappa shape index (κ2) is 6.71. The van der Waals surface area contributed by atoms with Gasteiger partial charge in [-0.15, -0.1) is 0 Å². The summed E-state index contributed by atoms with van der Waals surface area (Å²) in [4.78, 5) is 17.5. The van der Waals surface area contributed by atoms with Crippen LogP contribution in [0.15, 0.2) is 73.1 Å². The molecule has 2 heterocycles. The summed E-state index contributed by atoms with van der Waals surface area (Å²) in [6, 6.07) is 20.3. The number of para-hydroxylation sites is 2. The summed E-state index contributed by atoms with van der Waals surface area (Å²) in [7, 11) is 0. The molecule has 0 aliphatic carbocycles. The molecule has 1 aromatic heterocycles. The van der Waals surface area contributed by atoms with Crippen molar-refractivity contribution in [1.82, 2.24) is 4.57 Å². The van der Waals surface area contributed by atoms with Crippen LogP contribution in [0.5, 0.6) is 0 Å². The highest BCUT2D eigenvalue weighted by atomic mass is 16.2. The van der Waals surface area contributed by atoms with E-state index in [1.807, 2.05) is 76.5 Å². The number of hydrogen-bond acceptors (Lipinski definition) is 2. The van der Waals surface area contributed by atoms with Gasteiger partial charge in [0.15, 0.2) is 0 Å². The Balaban J connectivity index is 1.66. The molecule has 4 heteroatoms. The van der Waals surface area contributed by atoms with Gasteiger partial charge in [0.2, 0.25) is 0 Å². The molecule has 1 aliphatic rings. The van der Waals surface area contributed by atoms with Gasteiger partial charge in [-0.05, 0) is 62.4 Å². The van der Waals surface area contributed by atoms with E-state index in [2.05, 4.69) is 24.8 Å². The third-order valence-corrected chi connectivity index (χ3v) is 5.06. The standard InChI is InChI=1S/C22H23N3O/c1-3-24-17(2)16-25(21-9-5-4-8-20(21)24)22(26)18-10-12-19(13-11-18)23-14-6-7-15-23/h4-15,17H,3,16H2,1-2H3. The number of amides is 1. The molecule has 0 N–H and O–H groups in total. The fraction of sp³-hybridized carbons (Fsp3) is 0.227. The van der Waals surface area contributed by atoms with E-state index in [1.54, 1.807) is 0 Å². The minimum atomic E-state index is 0.0547. The fourth-order valence-corrected chi connectivity index (χ4v) is 3.75. The van der Waals surface area contributed by atoms with Crippen LogP contribution in [0.1, 0.15) is 24.2 Å². The Morgan fingerprint density at radius 1 is 0.962 bits per heavy atom. The van der Waals surface area contributed by atoms with Crippen molar-refractivity contribution in [1.29, 1.82) is 0 Å². The molecule has 4 nitrogen and oxygen atoms in total. The van der Waals surface area contributed by atoms with Crippen molar-refractivity contribution in [2.45, 2.75) is 19.9 Å². The van der Waals surface area contributed by atoms with Gasteiger partial charge >= 0.3 is 0 Å². The third kappa shape index (κ3) is 2.77. The minimum absolute atomic E-state index is 0.0547. The summed E-state index contributed by atoms with van der Waals surface area (Å²) in [5.74, 6) is 0.0547. The zero-order valence-corrected chi connectivity index (χ0v) is 15.2. The van der Waals surface area contributed by atoms with E-state index >= 15 is 0 Å². The van der Waals surface area contributed by atoms with Crippen LogP contribution in [0.25, 0.3) is 5.69 Å². The highest BCUT2D eigenvalue weighted by Gasteiger charge is 2.30. The van der Waals surface area contributed by atoms with E-state index in [1.165, 1.54) is 0 Å². The average Bonchev–Trinajstić information content (AvgIpc) is 3.22. The molecule has 2 aromatic carbocycles. The predicted octanol–water partition coefficient (Wildman–Crippen LogP) is 4.35. The number of likely N-dealkylation sites (N-methyl/N-ethyl adjacent to an activating group) is 1. The van der Waals surface area contributed by atoms with Crippen LogP contribution in [-0.2, 0) is 0 Å². The van der Waals surface area contributed by atoms with Gasteiger partial charge in [-0.2, -0.15) is 0 Å². The van der Waals surface area contributed by atoms with E-state index in [0.29, 0.717) is 12.1 Å². The number of nitrogens with zero attached hydrogens (tertiary/aromatic N) is 3. The summed E-state index contributed by atoms with van der Waals surface area (Å²) >= 11 is 0. The molecular formula is C22H23N3O. The molecule has 4 rings (SSSR count). The van der Waals surface area contributed by atoms with Crippen molar-refractivity contribution in [3.8, 4) is 5.69 Å². The smallest absolute Gasteiger partial charge is 0.258 e. The number of hydrogen-bond donors (Lipinski definition) is 0. The molecule has 0 saturated carbocycles. The van der Waals surface area contributed by atoms with Gasteiger partial charge in [0.25, 0.3) is 5.91 Å². The third-order valence-electron chi connectivity index (χ3n) is 5.06. The van der Waals surface area contributed by atoms with E-state index in [4.69, 9.17) is 0 Å². The van der Waals surface area contributed by atoms with E-state index < -0.39 is 0 Å². The molecule has 1 atom stereocenters. The van der Waals surface area contributed by atoms with Crippen LogP contribution >= 0.6 is 0 Å². The average molecular weight is 345 g/mol. The Kier molecular flexibility index (Phi) is 4.25. The van der Waals surface area contributed by atoms with Crippen LogP contribution in [0.3, 0.4) is 0 Å². The highest BCUT2D eigenvalue weighted by Crippen LogP contribution is 2.35. The molecule has 0 saturated heterocycles. The molecule has 0 bridgehead atoms. The molecule has 0 spiro atoms. The van der Waals surface area contributed by atoms with Crippen molar-refractivity contribution in [2.24, 2.45) is 0 Å². The van der Waals surface area contributed by atoms with Crippen molar-refractivity contribution in [3.05, 3.63) is 78.6 Å². The lowest BCUT2D eigenvalue weighted by atomic mass is 10.1. The predicted molar refractivity (Wildman–Crippen MR) is 106 cm³/mol. The first-order valence-corrected chi connectivity index (χ1v) is 9.10. The second-order valence-corrected chi connectivity index (χ2v) is 6.68. The molecule has 0 fully saturated rings. The van der Waals surface area contributed by atoms with Crippen LogP contribution in [0.2, 0.25) is 0 Å². The lowest BCUT2D eigenvalue weighted by Crippen LogP contribution is -2.49. The minimum Gasteiger partial charge on any atom is -0.366 e. The Hall–Kier alpha value is -3.01. The maximum atomic E-state index is 13.2. The van der Waals surface area contributed by atoms with Gasteiger partial charge < -0.3 is 14.4 Å². The van der Waals surface area contributed by atoms with Crippen LogP contribution in [0.4, 0.5) is 11.4 Å². The molecule has 1 unspecified atom stereocenters. The summed E-state index contributed by atoms with van der Waals surface area (Å²) in [5, 5.41) is 0. The Bertz CT molecular complexity index is 899. The van der Waals surface area contributed by atoms with Crippen molar-refractivity contribution < 1.29 is 4.79 Å². The maximum absolute atomic E-state index is 13.2. The highest BCUT2D eigenvalue weighted by molar-refractivity contribution is 6.08. The molecular weight excluding hydrogens is 322 g/mol. The fourth-order valence-electron chi connectivity index (χ4n) is 3.75. The van der Waals surface area contributed by atoms with Crippen LogP contribution in [-0.4, -0.2) is 29.6 Å². The zero-order chi connectivity index (χ0) is 18.1. The Morgan fingerprint density at radius 3 is 2.27 bits per heavy atom. The number of carbonyl (C=O) groups excluding carboxylic acids is 1. The summed E-state index contributed by atoms with van der Waals surface area (Å²) in [6.45, 7) is 5.97. The molecule has 0 radical (unpaired) electrons. The first-order chi connectivity index (χ1) is 12.7. The number of anilines is 2. The van der Waals surface area contributed by atoms with Crippen LogP contribution < -0.4 is 9.80 Å². The van der Waals surface area contributed by atoms with Gasteiger partial charge in [-0.1, -0.05) is 12.1 Å². The first kappa shape index (κ1) is 16.5. The number of rotatable bonds is 3. The lowest BCUT2D eigenvalue weighted by Gasteiger charge is -2.42. The molecule has 3 aromatic rings. The summed E-state index contributed by atoms with van der Waals surface area (Å²) in [5.41, 5.74) is 3.89. The van der Waals surface area contributed by atoms with E-state index in [9.17, 15) is 4.79 Å². The van der Waals surface area contributed by atoms with Gasteiger partial charge in [-0.25, -0.2) is 0 Å². The van der Waals surface area contributed by atoms with Gasteiger partial charge in [0.05, 0.1) is 11.4 Å². The van der Waals surface area contributed by atoms with Gasteiger partial charge in [-0.3, -0.25) is 4.79 Å². The Labute approximate surface area is 154 Å². The largest absolute Gasteiger partial charge is 0.366 e. The topological polar surface area (TPSA) is 28.5 Å². The number of fused-ring (bicyclic) bond motifs is 1. The van der Waals surface area contributed by atoms with Crippen molar-refractivity contribution in [2.75, 3.05) is 22.9 Å². The monoisotopic (exact) mass is 345 g/mol. The lowest BCUT2D eigenvalue weighted by molar-refractivity contribution is 0.0984. The molecule has 132 valence electrons. The maximum Gasteiger partial charge on any atom is 0.258 e. The molecule has 26 heavy (non-hydrogen) atoms. The van der Waals surface area contributed by atoms with Gasteiger partial charge in [0, 0.05) is 42.8 Å². The summed E-state index contributed by atoms with van der Waals surface area (Å²) < 4.78 is 2.03. The molecule has 1 aliphatic heterocycles. The first-order valence-electron chi connectivity index (χ1n) is 9.10. The SMILES string of the molecule is CCN1c2ccccc2N(C(=O)c2ccc(-n3cccc3)cc2)CC1C. The molecule has 1 amide bonds. The summed E-state index contributed by atoms with van der Waals surface area (Å²) in [6.07, 6.45) is 4.00. The Morgan fingerprint density at radius 2 is 1.62 bits per heavy atom. The van der Waals surface area contributed by atoms with Gasteiger partial charge in [0.1, 0.15) is 0 Å². The van der Waals surface area contributed by atoms with E-state index in [-0.39, 0.29) is 11.9 Å². The normalized spacial score (nSPS) is 16.5.